The lowest BCUT2D eigenvalue weighted by Crippen LogP contribution is -2.20. The number of hydrogen-bond donors (Lipinski definition) is 2. The van der Waals surface area contributed by atoms with Crippen molar-refractivity contribution in [3.63, 3.8) is 0 Å². The van der Waals surface area contributed by atoms with Gasteiger partial charge in [-0.1, -0.05) is 30.3 Å². The van der Waals surface area contributed by atoms with Crippen molar-refractivity contribution < 1.29 is 9.47 Å². The largest absolute Gasteiger partial charge is 0.497 e. The standard InChI is InChI=1S/C22H24N4O2/c1-27-18-11-9-17(10-12-18)24-21-14-20(16-6-3-2-4-7-16)25-22(26-21)23-15-19-8-5-13-28-19/h2-4,6-7,9-12,14,19H,5,8,13,15H2,1H3,(H2,23,24,25,26). The number of hydrogen-bond acceptors (Lipinski definition) is 6. The highest BCUT2D eigenvalue weighted by Crippen LogP contribution is 2.25. The van der Waals surface area contributed by atoms with E-state index >= 15 is 0 Å². The van der Waals surface area contributed by atoms with Gasteiger partial charge < -0.3 is 20.1 Å². The summed E-state index contributed by atoms with van der Waals surface area (Å²) >= 11 is 0. The lowest BCUT2D eigenvalue weighted by molar-refractivity contribution is 0.120. The fourth-order valence-corrected chi connectivity index (χ4v) is 3.18. The maximum Gasteiger partial charge on any atom is 0.225 e. The molecular weight excluding hydrogens is 352 g/mol. The van der Waals surface area contributed by atoms with Crippen LogP contribution in [0, 0.1) is 0 Å². The molecule has 1 aliphatic rings. The number of benzene rings is 2. The van der Waals surface area contributed by atoms with E-state index in [1.807, 2.05) is 60.7 Å². The molecule has 0 aliphatic carbocycles. The van der Waals surface area contributed by atoms with Crippen LogP contribution in [0.2, 0.25) is 0 Å². The SMILES string of the molecule is COc1ccc(Nc2cc(-c3ccccc3)nc(NCC3CCCO3)n2)cc1. The van der Waals surface area contributed by atoms with E-state index in [0.29, 0.717) is 12.5 Å². The maximum atomic E-state index is 5.69. The Labute approximate surface area is 164 Å². The van der Waals surface area contributed by atoms with Gasteiger partial charge in [-0.05, 0) is 37.1 Å². The third kappa shape index (κ3) is 4.58. The molecule has 0 spiro atoms. The number of methoxy groups -OCH3 is 1. The first kappa shape index (κ1) is 18.3. The molecule has 2 heterocycles. The Morgan fingerprint density at radius 2 is 1.89 bits per heavy atom. The van der Waals surface area contributed by atoms with Crippen molar-refractivity contribution >= 4 is 17.5 Å². The Balaban J connectivity index is 1.58. The third-order valence-electron chi connectivity index (χ3n) is 4.67. The second kappa shape index (κ2) is 8.71. The van der Waals surface area contributed by atoms with Crippen molar-refractivity contribution in [2.75, 3.05) is 30.9 Å². The Morgan fingerprint density at radius 1 is 1.07 bits per heavy atom. The number of anilines is 3. The molecule has 1 atom stereocenters. The number of rotatable bonds is 7. The maximum absolute atomic E-state index is 5.69. The molecule has 0 amide bonds. The molecule has 1 aromatic heterocycles. The molecule has 6 heteroatoms. The van der Waals surface area contributed by atoms with Gasteiger partial charge in [0.05, 0.1) is 18.9 Å². The van der Waals surface area contributed by atoms with Crippen LogP contribution in [0.1, 0.15) is 12.8 Å². The molecule has 0 radical (unpaired) electrons. The average Bonchev–Trinajstić information content (AvgIpc) is 3.27. The molecule has 1 fully saturated rings. The summed E-state index contributed by atoms with van der Waals surface area (Å²) in [6.45, 7) is 1.54. The molecular formula is C22H24N4O2. The number of aromatic nitrogens is 2. The minimum Gasteiger partial charge on any atom is -0.497 e. The van der Waals surface area contributed by atoms with Crippen LogP contribution in [0.15, 0.2) is 60.7 Å². The number of ether oxygens (including phenoxy) is 2. The highest BCUT2D eigenvalue weighted by molar-refractivity contribution is 5.67. The van der Waals surface area contributed by atoms with Crippen molar-refractivity contribution in [1.82, 2.24) is 9.97 Å². The van der Waals surface area contributed by atoms with E-state index in [9.17, 15) is 0 Å². The summed E-state index contributed by atoms with van der Waals surface area (Å²) in [5.74, 6) is 2.14. The Morgan fingerprint density at radius 3 is 2.61 bits per heavy atom. The van der Waals surface area contributed by atoms with Gasteiger partial charge in [0.2, 0.25) is 5.95 Å². The highest BCUT2D eigenvalue weighted by Gasteiger charge is 2.16. The van der Waals surface area contributed by atoms with Gasteiger partial charge in [-0.2, -0.15) is 4.98 Å². The van der Waals surface area contributed by atoms with E-state index in [4.69, 9.17) is 14.5 Å². The van der Waals surface area contributed by atoms with Crippen LogP contribution in [-0.4, -0.2) is 36.3 Å². The van der Waals surface area contributed by atoms with Gasteiger partial charge in [-0.3, -0.25) is 0 Å². The summed E-state index contributed by atoms with van der Waals surface area (Å²) in [5.41, 5.74) is 2.84. The molecule has 0 saturated carbocycles. The fourth-order valence-electron chi connectivity index (χ4n) is 3.18. The molecule has 6 nitrogen and oxygen atoms in total. The van der Waals surface area contributed by atoms with Gasteiger partial charge in [0.15, 0.2) is 0 Å². The summed E-state index contributed by atoms with van der Waals surface area (Å²) < 4.78 is 10.9. The summed E-state index contributed by atoms with van der Waals surface area (Å²) in [5, 5.41) is 6.69. The van der Waals surface area contributed by atoms with Gasteiger partial charge in [0, 0.05) is 30.5 Å². The minimum atomic E-state index is 0.224. The van der Waals surface area contributed by atoms with Gasteiger partial charge in [0.1, 0.15) is 11.6 Å². The first-order valence-corrected chi connectivity index (χ1v) is 9.51. The second-order valence-electron chi connectivity index (χ2n) is 6.70. The van der Waals surface area contributed by atoms with E-state index in [0.717, 1.165) is 48.0 Å². The molecule has 2 aromatic carbocycles. The Bertz CT molecular complexity index is 894. The van der Waals surface area contributed by atoms with Crippen molar-refractivity contribution in [1.29, 1.82) is 0 Å². The zero-order valence-corrected chi connectivity index (χ0v) is 15.9. The lowest BCUT2D eigenvalue weighted by Gasteiger charge is -2.14. The quantitative estimate of drug-likeness (QED) is 0.633. The van der Waals surface area contributed by atoms with Crippen LogP contribution in [0.4, 0.5) is 17.5 Å². The topological polar surface area (TPSA) is 68.3 Å². The molecule has 4 rings (SSSR count). The van der Waals surface area contributed by atoms with Gasteiger partial charge >= 0.3 is 0 Å². The van der Waals surface area contributed by atoms with E-state index < -0.39 is 0 Å². The molecule has 3 aromatic rings. The number of nitrogens with one attached hydrogen (secondary N) is 2. The molecule has 1 aliphatic heterocycles. The van der Waals surface area contributed by atoms with Crippen LogP contribution in [0.25, 0.3) is 11.3 Å². The van der Waals surface area contributed by atoms with Gasteiger partial charge in [-0.15, -0.1) is 0 Å². The number of nitrogens with zero attached hydrogens (tertiary/aromatic N) is 2. The van der Waals surface area contributed by atoms with E-state index in [1.54, 1.807) is 7.11 Å². The van der Waals surface area contributed by atoms with Crippen LogP contribution in [0.3, 0.4) is 0 Å². The first-order valence-electron chi connectivity index (χ1n) is 9.51. The fraction of sp³-hybridized carbons (Fsp3) is 0.273. The van der Waals surface area contributed by atoms with E-state index in [1.165, 1.54) is 0 Å². The summed E-state index contributed by atoms with van der Waals surface area (Å²) in [4.78, 5) is 9.33. The predicted octanol–water partition coefficient (Wildman–Crippen LogP) is 4.49. The zero-order chi connectivity index (χ0) is 19.2. The van der Waals surface area contributed by atoms with Crippen LogP contribution >= 0.6 is 0 Å². The lowest BCUT2D eigenvalue weighted by atomic mass is 10.1. The Hall–Kier alpha value is -3.12. The molecule has 1 saturated heterocycles. The van der Waals surface area contributed by atoms with Crippen molar-refractivity contribution in [3.8, 4) is 17.0 Å². The predicted molar refractivity (Wildman–Crippen MR) is 111 cm³/mol. The normalized spacial score (nSPS) is 16.0. The molecule has 1 unspecified atom stereocenters. The van der Waals surface area contributed by atoms with Crippen molar-refractivity contribution in [2.24, 2.45) is 0 Å². The van der Waals surface area contributed by atoms with E-state index in [2.05, 4.69) is 15.6 Å². The highest BCUT2D eigenvalue weighted by atomic mass is 16.5. The van der Waals surface area contributed by atoms with Gasteiger partial charge in [-0.25, -0.2) is 4.98 Å². The summed E-state index contributed by atoms with van der Waals surface area (Å²) in [6, 6.07) is 19.8. The average molecular weight is 376 g/mol. The smallest absolute Gasteiger partial charge is 0.225 e. The minimum absolute atomic E-state index is 0.224. The van der Waals surface area contributed by atoms with Gasteiger partial charge in [0.25, 0.3) is 0 Å². The van der Waals surface area contributed by atoms with Crippen molar-refractivity contribution in [3.05, 3.63) is 60.7 Å². The van der Waals surface area contributed by atoms with Crippen LogP contribution in [0.5, 0.6) is 5.75 Å². The third-order valence-corrected chi connectivity index (χ3v) is 4.67. The summed E-state index contributed by atoms with van der Waals surface area (Å²) in [6.07, 6.45) is 2.41. The van der Waals surface area contributed by atoms with E-state index in [-0.39, 0.29) is 6.10 Å². The van der Waals surface area contributed by atoms with Crippen LogP contribution in [-0.2, 0) is 4.74 Å². The summed E-state index contributed by atoms with van der Waals surface area (Å²) in [7, 11) is 1.66. The molecule has 0 bridgehead atoms. The second-order valence-corrected chi connectivity index (χ2v) is 6.70. The monoisotopic (exact) mass is 376 g/mol. The Kier molecular flexibility index (Phi) is 5.68. The van der Waals surface area contributed by atoms with Crippen LogP contribution < -0.4 is 15.4 Å². The van der Waals surface area contributed by atoms with Crippen molar-refractivity contribution in [2.45, 2.75) is 18.9 Å². The molecule has 144 valence electrons. The molecule has 28 heavy (non-hydrogen) atoms. The molecule has 2 N–H and O–H groups in total. The zero-order valence-electron chi connectivity index (χ0n) is 15.9. The first-order chi connectivity index (χ1) is 13.8.